The van der Waals surface area contributed by atoms with Gasteiger partial charge in [-0.2, -0.15) is 0 Å². The highest BCUT2D eigenvalue weighted by Crippen LogP contribution is 2.22. The molecule has 1 aliphatic heterocycles. The fourth-order valence-electron chi connectivity index (χ4n) is 1.59. The van der Waals surface area contributed by atoms with Crippen LogP contribution >= 0.6 is 0 Å². The van der Waals surface area contributed by atoms with Gasteiger partial charge in [0.15, 0.2) is 16.6 Å². The summed E-state index contributed by atoms with van der Waals surface area (Å²) in [6, 6.07) is 0. The van der Waals surface area contributed by atoms with Crippen LogP contribution in [0.15, 0.2) is 0 Å². The standard InChI is InChI=1S/C11H24O4Si2/c1-16(2,3)13-8-9-7-10(11(12)14-9)15-17(4,5)6/h9-10H,7-8H2,1-6H3/t9-,10-/m0/s1. The fourth-order valence-corrected chi connectivity index (χ4v) is 3.32. The van der Waals surface area contributed by atoms with Gasteiger partial charge >= 0.3 is 5.97 Å². The molecule has 1 aliphatic rings. The molecule has 17 heavy (non-hydrogen) atoms. The van der Waals surface area contributed by atoms with Crippen molar-refractivity contribution in [2.75, 3.05) is 6.61 Å². The van der Waals surface area contributed by atoms with Gasteiger partial charge in [-0.3, -0.25) is 0 Å². The van der Waals surface area contributed by atoms with Crippen molar-refractivity contribution in [2.24, 2.45) is 0 Å². The highest BCUT2D eigenvalue weighted by molar-refractivity contribution is 6.70. The number of rotatable bonds is 5. The van der Waals surface area contributed by atoms with Crippen molar-refractivity contribution in [1.82, 2.24) is 0 Å². The van der Waals surface area contributed by atoms with Crippen molar-refractivity contribution < 1.29 is 18.4 Å². The predicted octanol–water partition coefficient (Wildman–Crippen LogP) is 2.37. The quantitative estimate of drug-likeness (QED) is 0.571. The first kappa shape index (κ1) is 14.9. The number of hydrogen-bond donors (Lipinski definition) is 0. The summed E-state index contributed by atoms with van der Waals surface area (Å²) >= 11 is 0. The summed E-state index contributed by atoms with van der Waals surface area (Å²) in [6.45, 7) is 13.1. The van der Waals surface area contributed by atoms with Crippen LogP contribution in [0.3, 0.4) is 0 Å². The summed E-state index contributed by atoms with van der Waals surface area (Å²) in [5.41, 5.74) is 0. The molecule has 1 fully saturated rings. The van der Waals surface area contributed by atoms with Crippen LogP contribution in [-0.4, -0.2) is 41.4 Å². The van der Waals surface area contributed by atoms with Crippen LogP contribution in [-0.2, 0) is 18.4 Å². The number of hydrogen-bond acceptors (Lipinski definition) is 4. The van der Waals surface area contributed by atoms with Crippen LogP contribution in [0.25, 0.3) is 0 Å². The molecule has 0 aromatic heterocycles. The number of ether oxygens (including phenoxy) is 1. The smallest absolute Gasteiger partial charge is 0.334 e. The van der Waals surface area contributed by atoms with Crippen LogP contribution in [0.5, 0.6) is 0 Å². The molecule has 0 radical (unpaired) electrons. The molecule has 6 heteroatoms. The third-order valence-electron chi connectivity index (χ3n) is 2.22. The minimum absolute atomic E-state index is 0.129. The maximum atomic E-state index is 11.6. The van der Waals surface area contributed by atoms with Gasteiger partial charge < -0.3 is 13.6 Å². The average Bonchev–Trinajstić information content (AvgIpc) is 2.40. The van der Waals surface area contributed by atoms with Crippen molar-refractivity contribution in [1.29, 1.82) is 0 Å². The van der Waals surface area contributed by atoms with Gasteiger partial charge in [0.25, 0.3) is 0 Å². The summed E-state index contributed by atoms with van der Waals surface area (Å²) in [7, 11) is -3.23. The van der Waals surface area contributed by atoms with E-state index in [0.717, 1.165) is 0 Å². The van der Waals surface area contributed by atoms with Gasteiger partial charge in [0.05, 0.1) is 6.61 Å². The summed E-state index contributed by atoms with van der Waals surface area (Å²) in [6.07, 6.45) is 0.126. The van der Waals surface area contributed by atoms with Gasteiger partial charge in [-0.25, -0.2) is 4.79 Å². The van der Waals surface area contributed by atoms with E-state index in [1.54, 1.807) is 0 Å². The monoisotopic (exact) mass is 276 g/mol. The molecule has 1 rings (SSSR count). The van der Waals surface area contributed by atoms with Gasteiger partial charge in [-0.1, -0.05) is 0 Å². The zero-order chi connectivity index (χ0) is 13.3. The Morgan fingerprint density at radius 3 is 2.24 bits per heavy atom. The van der Waals surface area contributed by atoms with E-state index in [1.165, 1.54) is 0 Å². The number of carbonyl (C=O) groups is 1. The molecule has 1 heterocycles. The van der Waals surface area contributed by atoms with Crippen molar-refractivity contribution >= 4 is 22.6 Å². The highest BCUT2D eigenvalue weighted by Gasteiger charge is 2.38. The van der Waals surface area contributed by atoms with Gasteiger partial charge in [0, 0.05) is 6.42 Å². The summed E-state index contributed by atoms with van der Waals surface area (Å²) in [4.78, 5) is 11.6. The Labute approximate surface area is 106 Å². The normalized spacial score (nSPS) is 26.1. The summed E-state index contributed by atoms with van der Waals surface area (Å²) in [5, 5.41) is 0. The first-order valence-electron chi connectivity index (χ1n) is 6.09. The van der Waals surface area contributed by atoms with Crippen LogP contribution in [0.4, 0.5) is 0 Å². The maximum absolute atomic E-state index is 11.6. The van der Waals surface area contributed by atoms with Gasteiger partial charge in [0.2, 0.25) is 0 Å². The molecule has 0 aliphatic carbocycles. The second kappa shape index (κ2) is 5.21. The molecular weight excluding hydrogens is 252 g/mol. The Hall–Kier alpha value is -0.176. The maximum Gasteiger partial charge on any atom is 0.334 e. The van der Waals surface area contributed by atoms with Crippen LogP contribution in [0.1, 0.15) is 6.42 Å². The first-order chi connectivity index (χ1) is 7.57. The summed E-state index contributed by atoms with van der Waals surface area (Å²) < 4.78 is 16.8. The van der Waals surface area contributed by atoms with E-state index in [2.05, 4.69) is 39.3 Å². The second-order valence-corrected chi connectivity index (χ2v) is 15.4. The minimum Gasteiger partial charge on any atom is -0.458 e. The van der Waals surface area contributed by atoms with Crippen LogP contribution in [0.2, 0.25) is 39.3 Å². The van der Waals surface area contributed by atoms with Gasteiger partial charge in [-0.05, 0) is 39.3 Å². The van der Waals surface area contributed by atoms with E-state index in [1.807, 2.05) is 0 Å². The lowest BCUT2D eigenvalue weighted by molar-refractivity contribution is -0.147. The molecule has 100 valence electrons. The average molecular weight is 276 g/mol. The molecule has 0 spiro atoms. The molecule has 0 aromatic carbocycles. The van der Waals surface area contributed by atoms with Crippen LogP contribution < -0.4 is 0 Å². The Balaban J connectivity index is 2.42. The number of esters is 1. The van der Waals surface area contributed by atoms with Crippen molar-refractivity contribution in [3.63, 3.8) is 0 Å². The van der Waals surface area contributed by atoms with Crippen molar-refractivity contribution in [2.45, 2.75) is 57.9 Å². The Bertz CT molecular complexity index is 280. The summed E-state index contributed by atoms with van der Waals surface area (Å²) in [5.74, 6) is -0.225. The molecule has 0 unspecified atom stereocenters. The molecule has 1 saturated heterocycles. The Morgan fingerprint density at radius 1 is 1.18 bits per heavy atom. The molecule has 4 nitrogen and oxygen atoms in total. The van der Waals surface area contributed by atoms with Gasteiger partial charge in [-0.15, -0.1) is 0 Å². The molecule has 0 amide bonds. The lowest BCUT2D eigenvalue weighted by atomic mass is 10.2. The molecule has 0 bridgehead atoms. The molecule has 2 atom stereocenters. The predicted molar refractivity (Wildman–Crippen MR) is 72.0 cm³/mol. The molecule has 0 aromatic rings. The zero-order valence-electron chi connectivity index (χ0n) is 11.7. The van der Waals surface area contributed by atoms with Gasteiger partial charge in [0.1, 0.15) is 12.2 Å². The van der Waals surface area contributed by atoms with E-state index in [-0.39, 0.29) is 18.2 Å². The highest BCUT2D eigenvalue weighted by atomic mass is 28.4. The van der Waals surface area contributed by atoms with E-state index in [4.69, 9.17) is 13.6 Å². The lowest BCUT2D eigenvalue weighted by Crippen LogP contribution is -2.34. The van der Waals surface area contributed by atoms with Crippen molar-refractivity contribution in [3.05, 3.63) is 0 Å². The zero-order valence-corrected chi connectivity index (χ0v) is 13.7. The molecule has 0 N–H and O–H groups in total. The van der Waals surface area contributed by atoms with E-state index in [9.17, 15) is 4.79 Å². The topological polar surface area (TPSA) is 44.8 Å². The second-order valence-electron chi connectivity index (χ2n) is 6.44. The Kier molecular flexibility index (Phi) is 4.56. The van der Waals surface area contributed by atoms with E-state index >= 15 is 0 Å². The SMILES string of the molecule is C[Si](C)(C)OC[C@@H]1C[C@H](O[Si](C)(C)C)C(=O)O1. The fraction of sp³-hybridized carbons (Fsp3) is 0.909. The largest absolute Gasteiger partial charge is 0.458 e. The third kappa shape index (κ3) is 5.80. The third-order valence-corrected chi connectivity index (χ3v) is 4.25. The minimum atomic E-state index is -1.69. The lowest BCUT2D eigenvalue weighted by Gasteiger charge is -2.21. The number of cyclic esters (lactones) is 1. The first-order valence-corrected chi connectivity index (χ1v) is 12.9. The Morgan fingerprint density at radius 2 is 1.76 bits per heavy atom. The molecule has 0 saturated carbocycles. The molecular formula is C11H24O4Si2. The van der Waals surface area contributed by atoms with E-state index < -0.39 is 16.6 Å². The van der Waals surface area contributed by atoms with Crippen molar-refractivity contribution in [3.8, 4) is 0 Å². The van der Waals surface area contributed by atoms with Crippen LogP contribution in [0, 0.1) is 0 Å². The number of carbonyl (C=O) groups excluding carboxylic acids is 1. The van der Waals surface area contributed by atoms with E-state index in [0.29, 0.717) is 13.0 Å².